The molecule has 0 bridgehead atoms. The number of carbonyl (C=O) groups is 1. The van der Waals surface area contributed by atoms with E-state index >= 15 is 0 Å². The Balaban J connectivity index is 0.000000204. The molecule has 8 heterocycles. The van der Waals surface area contributed by atoms with E-state index < -0.39 is 5.60 Å². The monoisotopic (exact) mass is 973 g/mol. The van der Waals surface area contributed by atoms with Crippen LogP contribution in [0.1, 0.15) is 70.0 Å². The molecule has 10 rings (SSSR count). The minimum absolute atomic E-state index is 0. The molecule has 0 saturated carbocycles. The van der Waals surface area contributed by atoms with Gasteiger partial charge in [0.2, 0.25) is 0 Å². The van der Waals surface area contributed by atoms with E-state index in [-0.39, 0.29) is 13.5 Å². The first-order valence-electron chi connectivity index (χ1n) is 24.1. The molecule has 2 aliphatic rings. The highest BCUT2D eigenvalue weighted by Crippen LogP contribution is 2.36. The summed E-state index contributed by atoms with van der Waals surface area (Å²) in [5, 5.41) is 1.73. The zero-order valence-corrected chi connectivity index (χ0v) is 41.6. The van der Waals surface area contributed by atoms with Gasteiger partial charge in [0, 0.05) is 110 Å². The lowest BCUT2D eigenvalue weighted by Gasteiger charge is -2.36. The third-order valence-corrected chi connectivity index (χ3v) is 12.0. The molecule has 2 fully saturated rings. The molecule has 18 heteroatoms. The Hall–Kier alpha value is -7.62. The Morgan fingerprint density at radius 2 is 1.04 bits per heavy atom. The van der Waals surface area contributed by atoms with Crippen LogP contribution < -0.4 is 19.3 Å². The molecule has 2 aliphatic heterocycles. The second-order valence-electron chi connectivity index (χ2n) is 18.3. The van der Waals surface area contributed by atoms with Crippen molar-refractivity contribution in [3.63, 3.8) is 0 Å². The van der Waals surface area contributed by atoms with Crippen LogP contribution in [0.25, 0.3) is 44.6 Å². The molecule has 2 aromatic carbocycles. The van der Waals surface area contributed by atoms with Gasteiger partial charge in [-0.25, -0.2) is 24.7 Å². The molecule has 0 atom stereocenters. The van der Waals surface area contributed by atoms with Crippen LogP contribution in [0.15, 0.2) is 122 Å². The van der Waals surface area contributed by atoms with Crippen LogP contribution in [0, 0.1) is 0 Å². The number of amides is 1. The highest BCUT2D eigenvalue weighted by molar-refractivity contribution is 7.17. The van der Waals surface area contributed by atoms with E-state index in [0.717, 1.165) is 83.4 Å². The molecular weight excluding hydrogens is 911 g/mol. The number of anilines is 2. The summed E-state index contributed by atoms with van der Waals surface area (Å²) in [6.45, 7) is 9.87. The normalized spacial score (nSPS) is 13.4. The minimum atomic E-state index is -0.532. The molecule has 5 radical (unpaired) electrons. The van der Waals surface area contributed by atoms with Crippen molar-refractivity contribution < 1.29 is 19.0 Å². The first kappa shape index (κ1) is 53.2. The van der Waals surface area contributed by atoms with Crippen molar-refractivity contribution >= 4 is 62.1 Å². The Bertz CT molecular complexity index is 3060. The quantitative estimate of drug-likeness (QED) is 0.120. The summed E-state index contributed by atoms with van der Waals surface area (Å²) in [5.41, 5.74) is 7.16. The molecule has 0 unspecified atom stereocenters. The summed E-state index contributed by atoms with van der Waals surface area (Å²) in [7, 11) is 13.3. The van der Waals surface area contributed by atoms with Gasteiger partial charge in [-0.3, -0.25) is 19.9 Å². The Kier molecular flexibility index (Phi) is 18.3. The predicted octanol–water partition coefficient (Wildman–Crippen LogP) is 8.91. The average molecular weight is 973 g/mol. The molecule has 0 spiro atoms. The van der Waals surface area contributed by atoms with E-state index in [1.807, 2.05) is 69.4 Å². The molecule has 6 aromatic heterocycles. The standard InChI is InChI=1S/C29H32N6O3.C25H25N5O.CH4.B3/c1-29(2,3)38-28(36)35-14-12-34(13-15-35)27-25-23(18-30-19-24(25)37-4)32-26(33-27)21-10-11-31-22(17-21)16-20-8-6-5-7-9-20;1-31-22-17-26-16-21-23(22)25(30-12-6-3-7-13-30)29-24(28-21)19-10-11-27-20(15-19)14-18-8-4-2-5-9-18;;1-3-2/h5-11,17-19H,12-16H2,1-4H3;2,4-5,8-11,15-17H,3,6-7,12-14H2,1H3;1H4;. The molecule has 2 saturated heterocycles. The molecule has 0 aliphatic carbocycles. The molecular formula is C55H61B3N11O4. The van der Waals surface area contributed by atoms with Gasteiger partial charge in [-0.05, 0) is 75.4 Å². The highest BCUT2D eigenvalue weighted by atomic mass is 16.6. The van der Waals surface area contributed by atoms with Crippen LogP contribution in [0.5, 0.6) is 11.5 Å². The lowest BCUT2D eigenvalue weighted by Crippen LogP contribution is -2.50. The number of methoxy groups -OCH3 is 2. The zero-order valence-electron chi connectivity index (χ0n) is 41.6. The van der Waals surface area contributed by atoms with Crippen LogP contribution >= 0.6 is 0 Å². The molecule has 73 heavy (non-hydrogen) atoms. The second kappa shape index (κ2) is 25.2. The van der Waals surface area contributed by atoms with Crippen LogP contribution in [0.4, 0.5) is 16.4 Å². The fourth-order valence-electron chi connectivity index (χ4n) is 8.67. The topological polar surface area (TPSA) is 158 Å². The number of carbonyl (C=O) groups excluding carboxylic acids is 1. The number of piperidine rings is 1. The summed E-state index contributed by atoms with van der Waals surface area (Å²) in [4.78, 5) is 56.4. The van der Waals surface area contributed by atoms with Crippen molar-refractivity contribution in [2.75, 3.05) is 63.3 Å². The molecule has 0 N–H and O–H groups in total. The number of aromatic nitrogens is 8. The highest BCUT2D eigenvalue weighted by Gasteiger charge is 2.29. The summed E-state index contributed by atoms with van der Waals surface area (Å²) >= 11 is 0. The van der Waals surface area contributed by atoms with Crippen LogP contribution in [0.3, 0.4) is 0 Å². The number of benzene rings is 2. The number of pyridine rings is 4. The number of hydrogen-bond acceptors (Lipinski definition) is 14. The van der Waals surface area contributed by atoms with E-state index in [1.165, 1.54) is 30.4 Å². The van der Waals surface area contributed by atoms with Gasteiger partial charge >= 0.3 is 6.09 Å². The number of ether oxygens (including phenoxy) is 3. The number of rotatable bonds is 10. The number of piperazine rings is 1. The van der Waals surface area contributed by atoms with Crippen molar-refractivity contribution in [2.24, 2.45) is 0 Å². The van der Waals surface area contributed by atoms with Crippen molar-refractivity contribution in [3.05, 3.63) is 145 Å². The van der Waals surface area contributed by atoms with Gasteiger partial charge < -0.3 is 28.9 Å². The number of fused-ring (bicyclic) bond motifs is 2. The van der Waals surface area contributed by atoms with E-state index in [4.69, 9.17) is 34.1 Å². The number of nitrogens with zero attached hydrogens (tertiary/aromatic N) is 11. The van der Waals surface area contributed by atoms with Gasteiger partial charge in [-0.15, -0.1) is 0 Å². The first-order chi connectivity index (χ1) is 35.0. The lowest BCUT2D eigenvalue weighted by molar-refractivity contribution is 0.0240. The first-order valence-corrected chi connectivity index (χ1v) is 24.1. The molecule has 8 aromatic rings. The Labute approximate surface area is 432 Å². The molecule has 1 amide bonds. The Morgan fingerprint density at radius 3 is 1.47 bits per heavy atom. The zero-order chi connectivity index (χ0) is 50.5. The van der Waals surface area contributed by atoms with Crippen molar-refractivity contribution in [2.45, 2.75) is 65.9 Å². The van der Waals surface area contributed by atoms with E-state index in [1.54, 1.807) is 50.1 Å². The van der Waals surface area contributed by atoms with Crippen molar-refractivity contribution in [1.82, 2.24) is 44.8 Å². The summed E-state index contributed by atoms with van der Waals surface area (Å²) < 4.78 is 16.8. The average Bonchev–Trinajstić information content (AvgIpc) is 3.41. The van der Waals surface area contributed by atoms with Crippen LogP contribution in [0.2, 0.25) is 0 Å². The maximum absolute atomic E-state index is 12.6. The van der Waals surface area contributed by atoms with E-state index in [0.29, 0.717) is 54.8 Å². The van der Waals surface area contributed by atoms with Crippen molar-refractivity contribution in [3.8, 4) is 34.3 Å². The van der Waals surface area contributed by atoms with Gasteiger partial charge in [0.1, 0.15) is 28.7 Å². The maximum atomic E-state index is 12.6. The van der Waals surface area contributed by atoms with Gasteiger partial charge in [-0.1, -0.05) is 68.1 Å². The second-order valence-corrected chi connectivity index (χ2v) is 18.3. The predicted molar refractivity (Wildman–Crippen MR) is 293 cm³/mol. The smallest absolute Gasteiger partial charge is 0.410 e. The third kappa shape index (κ3) is 13.7. The van der Waals surface area contributed by atoms with Crippen LogP contribution in [-0.2, 0) is 17.6 Å². The van der Waals surface area contributed by atoms with Gasteiger partial charge in [0.05, 0.1) is 60.8 Å². The maximum Gasteiger partial charge on any atom is 0.410 e. The lowest BCUT2D eigenvalue weighted by atomic mass is 9.40. The summed E-state index contributed by atoms with van der Waals surface area (Å²) in [6, 6.07) is 28.6. The SMILES string of the molecule is C.COc1cncc2nc(-c3ccnc(Cc4ccccc4)c3)nc(N3CCCCC3)c12.COc1cncc2nc(-c3ccnc(Cc4ccccc4)c3)nc(N3CCN(C(=O)OC(C)(C)C)CC3)c12.[B][B][B]. The summed E-state index contributed by atoms with van der Waals surface area (Å²) in [6.07, 6.45) is 15.4. The molecule has 369 valence electrons. The van der Waals surface area contributed by atoms with E-state index in [2.05, 4.69) is 87.7 Å². The number of hydrogen-bond donors (Lipinski definition) is 0. The Morgan fingerprint density at radius 1 is 0.603 bits per heavy atom. The largest absolute Gasteiger partial charge is 0.494 e. The van der Waals surface area contributed by atoms with Gasteiger partial charge in [-0.2, -0.15) is 0 Å². The van der Waals surface area contributed by atoms with E-state index in [9.17, 15) is 4.79 Å². The van der Waals surface area contributed by atoms with Gasteiger partial charge in [0.15, 0.2) is 11.6 Å². The van der Waals surface area contributed by atoms with Gasteiger partial charge in [0.25, 0.3) is 0 Å². The fraction of sp³-hybridized carbons (Fsp3) is 0.327. The minimum Gasteiger partial charge on any atom is -0.494 e. The third-order valence-electron chi connectivity index (χ3n) is 12.0. The van der Waals surface area contributed by atoms with Crippen LogP contribution in [-0.4, -0.2) is 132 Å². The molecule has 15 nitrogen and oxygen atoms in total. The fourth-order valence-corrected chi connectivity index (χ4v) is 8.67. The van der Waals surface area contributed by atoms with Crippen molar-refractivity contribution in [1.29, 1.82) is 0 Å². The summed E-state index contributed by atoms with van der Waals surface area (Å²) in [5.74, 6) is 4.30.